The van der Waals surface area contributed by atoms with Crippen LogP contribution in [0.3, 0.4) is 0 Å². The SMILES string of the molecule is C=C(C)C(=O)OCCC(CCCCCC)C(C)(C)N. The molecule has 0 aromatic heterocycles. The molecule has 0 saturated carbocycles. The second-order valence-electron chi connectivity index (χ2n) is 6.07. The number of unbranched alkanes of at least 4 members (excludes halogenated alkanes) is 3. The second-order valence-corrected chi connectivity index (χ2v) is 6.07. The molecule has 19 heavy (non-hydrogen) atoms. The highest BCUT2D eigenvalue weighted by Gasteiger charge is 2.24. The first kappa shape index (κ1) is 18.2. The van der Waals surface area contributed by atoms with Crippen LogP contribution in [0.2, 0.25) is 0 Å². The average Bonchev–Trinajstić information content (AvgIpc) is 2.30. The fourth-order valence-corrected chi connectivity index (χ4v) is 2.12. The lowest BCUT2D eigenvalue weighted by molar-refractivity contribution is -0.139. The van der Waals surface area contributed by atoms with Crippen molar-refractivity contribution in [3.8, 4) is 0 Å². The first-order valence-electron chi connectivity index (χ1n) is 7.40. The lowest BCUT2D eigenvalue weighted by Crippen LogP contribution is -2.41. The van der Waals surface area contributed by atoms with E-state index in [1.54, 1.807) is 6.92 Å². The largest absolute Gasteiger partial charge is 0.462 e. The van der Waals surface area contributed by atoms with Crippen LogP contribution in [0, 0.1) is 5.92 Å². The van der Waals surface area contributed by atoms with Crippen molar-refractivity contribution in [1.29, 1.82) is 0 Å². The Balaban J connectivity index is 4.08. The Morgan fingerprint density at radius 3 is 2.37 bits per heavy atom. The summed E-state index contributed by atoms with van der Waals surface area (Å²) in [5, 5.41) is 0. The minimum atomic E-state index is -0.306. The Hall–Kier alpha value is -0.830. The Kier molecular flexibility index (Phi) is 8.73. The van der Waals surface area contributed by atoms with Gasteiger partial charge in [-0.25, -0.2) is 4.79 Å². The van der Waals surface area contributed by atoms with E-state index < -0.39 is 0 Å². The van der Waals surface area contributed by atoms with E-state index in [2.05, 4.69) is 27.4 Å². The number of esters is 1. The maximum atomic E-state index is 11.3. The van der Waals surface area contributed by atoms with Crippen molar-refractivity contribution in [2.45, 2.75) is 71.8 Å². The summed E-state index contributed by atoms with van der Waals surface area (Å²) in [6.45, 7) is 12.0. The van der Waals surface area contributed by atoms with Crippen LogP contribution in [-0.4, -0.2) is 18.1 Å². The van der Waals surface area contributed by atoms with E-state index in [9.17, 15) is 4.79 Å². The maximum Gasteiger partial charge on any atom is 0.333 e. The van der Waals surface area contributed by atoms with Crippen LogP contribution < -0.4 is 5.73 Å². The molecule has 0 heterocycles. The molecule has 0 aliphatic heterocycles. The zero-order chi connectivity index (χ0) is 14.9. The van der Waals surface area contributed by atoms with E-state index in [0.29, 0.717) is 18.1 Å². The van der Waals surface area contributed by atoms with Crippen LogP contribution >= 0.6 is 0 Å². The van der Waals surface area contributed by atoms with Crippen LogP contribution in [0.4, 0.5) is 0 Å². The fraction of sp³-hybridized carbons (Fsp3) is 0.812. The van der Waals surface area contributed by atoms with Gasteiger partial charge >= 0.3 is 5.97 Å². The number of carbonyl (C=O) groups is 1. The molecule has 0 aromatic rings. The predicted molar refractivity (Wildman–Crippen MR) is 80.9 cm³/mol. The zero-order valence-corrected chi connectivity index (χ0v) is 13.1. The Morgan fingerprint density at radius 1 is 1.26 bits per heavy atom. The molecule has 112 valence electrons. The van der Waals surface area contributed by atoms with Gasteiger partial charge in [0.2, 0.25) is 0 Å². The van der Waals surface area contributed by atoms with Gasteiger partial charge in [0.05, 0.1) is 6.61 Å². The smallest absolute Gasteiger partial charge is 0.333 e. The number of rotatable bonds is 10. The highest BCUT2D eigenvalue weighted by atomic mass is 16.5. The maximum absolute atomic E-state index is 11.3. The predicted octanol–water partition coefficient (Wildman–Crippen LogP) is 3.82. The van der Waals surface area contributed by atoms with Gasteiger partial charge in [0.15, 0.2) is 0 Å². The average molecular weight is 269 g/mol. The van der Waals surface area contributed by atoms with E-state index in [-0.39, 0.29) is 11.5 Å². The lowest BCUT2D eigenvalue weighted by Gasteiger charge is -2.30. The first-order chi connectivity index (χ1) is 8.79. The molecule has 3 nitrogen and oxygen atoms in total. The van der Waals surface area contributed by atoms with Gasteiger partial charge < -0.3 is 10.5 Å². The van der Waals surface area contributed by atoms with Gasteiger partial charge in [-0.1, -0.05) is 39.2 Å². The first-order valence-corrected chi connectivity index (χ1v) is 7.40. The Morgan fingerprint density at radius 2 is 1.89 bits per heavy atom. The summed E-state index contributed by atoms with van der Waals surface area (Å²) >= 11 is 0. The second kappa shape index (κ2) is 9.13. The number of ether oxygens (including phenoxy) is 1. The third-order valence-electron chi connectivity index (χ3n) is 3.51. The standard InChI is InChI=1S/C16H31NO2/c1-6-7-8-9-10-14(16(4,5)17)11-12-19-15(18)13(2)3/h14H,2,6-12,17H2,1,3-5H3. The number of carbonyl (C=O) groups excluding carboxylic acids is 1. The van der Waals surface area contributed by atoms with Crippen molar-refractivity contribution >= 4 is 5.97 Å². The minimum Gasteiger partial charge on any atom is -0.462 e. The van der Waals surface area contributed by atoms with Crippen LogP contribution in [0.25, 0.3) is 0 Å². The summed E-state index contributed by atoms with van der Waals surface area (Å²) in [5.74, 6) is 0.0850. The topological polar surface area (TPSA) is 52.3 Å². The highest BCUT2D eigenvalue weighted by molar-refractivity contribution is 5.86. The van der Waals surface area contributed by atoms with Gasteiger partial charge in [0.25, 0.3) is 0 Å². The van der Waals surface area contributed by atoms with Gasteiger partial charge in [-0.05, 0) is 39.5 Å². The molecule has 0 saturated heterocycles. The monoisotopic (exact) mass is 269 g/mol. The van der Waals surface area contributed by atoms with E-state index in [0.717, 1.165) is 12.8 Å². The summed E-state index contributed by atoms with van der Waals surface area (Å²) in [6, 6.07) is 0. The van der Waals surface area contributed by atoms with Crippen LogP contribution in [0.1, 0.15) is 66.2 Å². The number of hydrogen-bond acceptors (Lipinski definition) is 3. The van der Waals surface area contributed by atoms with Crippen molar-refractivity contribution in [3.63, 3.8) is 0 Å². The fourth-order valence-electron chi connectivity index (χ4n) is 2.12. The molecule has 0 fully saturated rings. The molecule has 3 heteroatoms. The van der Waals surface area contributed by atoms with Gasteiger partial charge in [0, 0.05) is 11.1 Å². The lowest BCUT2D eigenvalue weighted by atomic mass is 9.82. The third kappa shape index (κ3) is 8.82. The molecule has 0 aliphatic rings. The molecular weight excluding hydrogens is 238 g/mol. The molecule has 0 aromatic carbocycles. The van der Waals surface area contributed by atoms with E-state index in [1.165, 1.54) is 25.7 Å². The van der Waals surface area contributed by atoms with E-state index >= 15 is 0 Å². The Bertz CT molecular complexity index is 279. The molecular formula is C16H31NO2. The van der Waals surface area contributed by atoms with Crippen molar-refractivity contribution in [2.75, 3.05) is 6.61 Å². The van der Waals surface area contributed by atoms with Gasteiger partial charge in [-0.15, -0.1) is 0 Å². The van der Waals surface area contributed by atoms with Crippen molar-refractivity contribution in [1.82, 2.24) is 0 Å². The molecule has 1 atom stereocenters. The molecule has 1 unspecified atom stereocenters. The van der Waals surface area contributed by atoms with Crippen molar-refractivity contribution < 1.29 is 9.53 Å². The third-order valence-corrected chi connectivity index (χ3v) is 3.51. The van der Waals surface area contributed by atoms with Gasteiger partial charge in [0.1, 0.15) is 0 Å². The normalized spacial score (nSPS) is 13.1. The van der Waals surface area contributed by atoms with Gasteiger partial charge in [-0.2, -0.15) is 0 Å². The van der Waals surface area contributed by atoms with E-state index in [4.69, 9.17) is 10.5 Å². The summed E-state index contributed by atoms with van der Waals surface area (Å²) in [6.07, 6.45) is 6.92. The molecule has 0 amide bonds. The molecule has 0 aliphatic carbocycles. The molecule has 0 radical (unpaired) electrons. The molecule has 0 spiro atoms. The summed E-state index contributed by atoms with van der Waals surface area (Å²) < 4.78 is 5.16. The minimum absolute atomic E-state index is 0.220. The zero-order valence-electron chi connectivity index (χ0n) is 13.1. The van der Waals surface area contributed by atoms with Crippen molar-refractivity contribution in [3.05, 3.63) is 12.2 Å². The van der Waals surface area contributed by atoms with Gasteiger partial charge in [-0.3, -0.25) is 0 Å². The van der Waals surface area contributed by atoms with Crippen molar-refractivity contribution in [2.24, 2.45) is 11.7 Å². The summed E-state index contributed by atoms with van der Waals surface area (Å²) in [7, 11) is 0. The Labute approximate surface area is 118 Å². The van der Waals surface area contributed by atoms with Crippen LogP contribution in [0.15, 0.2) is 12.2 Å². The van der Waals surface area contributed by atoms with Crippen LogP contribution in [-0.2, 0) is 9.53 Å². The van der Waals surface area contributed by atoms with Crippen LogP contribution in [0.5, 0.6) is 0 Å². The number of nitrogens with two attached hydrogens (primary N) is 1. The highest BCUT2D eigenvalue weighted by Crippen LogP contribution is 2.24. The molecule has 2 N–H and O–H groups in total. The summed E-state index contributed by atoms with van der Waals surface area (Å²) in [4.78, 5) is 11.3. The molecule has 0 rings (SSSR count). The summed E-state index contributed by atoms with van der Waals surface area (Å²) in [5.41, 5.74) is 6.44. The number of hydrogen-bond donors (Lipinski definition) is 1. The molecule has 0 bridgehead atoms. The quantitative estimate of drug-likeness (QED) is 0.372. The van der Waals surface area contributed by atoms with E-state index in [1.807, 2.05) is 0 Å².